The molecule has 1 N–H and O–H groups in total. The van der Waals surface area contributed by atoms with Crippen LogP contribution in [0.15, 0.2) is 24.4 Å². The molecule has 0 saturated heterocycles. The highest BCUT2D eigenvalue weighted by molar-refractivity contribution is 7.17. The van der Waals surface area contributed by atoms with Crippen molar-refractivity contribution in [3.63, 3.8) is 0 Å². The summed E-state index contributed by atoms with van der Waals surface area (Å²) in [6, 6.07) is 5.89. The molecule has 0 radical (unpaired) electrons. The molecule has 1 heterocycles. The maximum atomic E-state index is 4.17. The van der Waals surface area contributed by atoms with Crippen molar-refractivity contribution in [1.29, 1.82) is 0 Å². The van der Waals surface area contributed by atoms with Gasteiger partial charge >= 0.3 is 0 Å². The third-order valence-electron chi connectivity index (χ3n) is 1.32. The molecule has 0 aliphatic heterocycles. The molecule has 2 atom stereocenters. The molecular formula is C7H11N2P. The summed E-state index contributed by atoms with van der Waals surface area (Å²) in [6.45, 7) is 0. The van der Waals surface area contributed by atoms with Crippen LogP contribution < -0.4 is 5.32 Å². The lowest BCUT2D eigenvalue weighted by Gasteiger charge is -2.07. The summed E-state index contributed by atoms with van der Waals surface area (Å²) in [5.41, 5.74) is 1.05. The molecule has 2 nitrogen and oxygen atoms in total. The van der Waals surface area contributed by atoms with E-state index in [4.69, 9.17) is 0 Å². The smallest absolute Gasteiger partial charge is 0.0635 e. The lowest BCUT2D eigenvalue weighted by molar-refractivity contribution is 0.769. The van der Waals surface area contributed by atoms with Crippen molar-refractivity contribution < 1.29 is 0 Å². The molecule has 2 unspecified atom stereocenters. The van der Waals surface area contributed by atoms with Crippen LogP contribution in [0, 0.1) is 0 Å². The Morgan fingerprint density at radius 1 is 1.60 bits per heavy atom. The molecule has 0 bridgehead atoms. The van der Waals surface area contributed by atoms with Crippen LogP contribution in [-0.4, -0.2) is 12.0 Å². The third kappa shape index (κ3) is 1.76. The fourth-order valence-electron chi connectivity index (χ4n) is 0.708. The number of hydrogen-bond donors (Lipinski definition) is 1. The van der Waals surface area contributed by atoms with Gasteiger partial charge in [0.25, 0.3) is 0 Å². The van der Waals surface area contributed by atoms with E-state index in [0.717, 1.165) is 5.69 Å². The van der Waals surface area contributed by atoms with Gasteiger partial charge < -0.3 is 5.32 Å². The monoisotopic (exact) mass is 154 g/mol. The highest BCUT2D eigenvalue weighted by atomic mass is 31.0. The standard InChI is InChI=1S/C7H11N2P/c1-8-7(10)6-4-2-3-5-9-6/h2-5,7-8H,10H2,1H3. The molecule has 0 aliphatic carbocycles. The fourth-order valence-corrected chi connectivity index (χ4v) is 0.905. The van der Waals surface area contributed by atoms with Crippen molar-refractivity contribution in [3.05, 3.63) is 30.1 Å². The van der Waals surface area contributed by atoms with Gasteiger partial charge in [-0.2, -0.15) is 0 Å². The highest BCUT2D eigenvalue weighted by Crippen LogP contribution is 2.14. The van der Waals surface area contributed by atoms with E-state index < -0.39 is 0 Å². The SMILES string of the molecule is CNC(P)c1ccccn1. The van der Waals surface area contributed by atoms with Gasteiger partial charge in [0.1, 0.15) is 0 Å². The Hall–Kier alpha value is -0.460. The Morgan fingerprint density at radius 3 is 2.90 bits per heavy atom. The normalized spacial score (nSPS) is 13.0. The Kier molecular flexibility index (Phi) is 2.79. The summed E-state index contributed by atoms with van der Waals surface area (Å²) in [5.74, 6) is 0.265. The zero-order valence-corrected chi connectivity index (χ0v) is 7.07. The van der Waals surface area contributed by atoms with Crippen molar-refractivity contribution in [1.82, 2.24) is 10.3 Å². The number of aromatic nitrogens is 1. The molecule has 0 saturated carbocycles. The minimum absolute atomic E-state index is 0.265. The molecule has 0 fully saturated rings. The van der Waals surface area contributed by atoms with Gasteiger partial charge in [-0.15, -0.1) is 9.24 Å². The molecule has 54 valence electrons. The number of nitrogens with one attached hydrogen (secondary N) is 1. The third-order valence-corrected chi connectivity index (χ3v) is 1.99. The molecule has 1 aromatic heterocycles. The van der Waals surface area contributed by atoms with E-state index in [1.807, 2.05) is 25.2 Å². The Balaban J connectivity index is 2.75. The van der Waals surface area contributed by atoms with E-state index in [9.17, 15) is 0 Å². The molecule has 3 heteroatoms. The lowest BCUT2D eigenvalue weighted by Crippen LogP contribution is -2.10. The second-order valence-corrected chi connectivity index (χ2v) is 2.69. The van der Waals surface area contributed by atoms with Crippen LogP contribution in [-0.2, 0) is 0 Å². The summed E-state index contributed by atoms with van der Waals surface area (Å²) < 4.78 is 0. The van der Waals surface area contributed by atoms with E-state index in [2.05, 4.69) is 19.5 Å². The first-order chi connectivity index (χ1) is 4.84. The van der Waals surface area contributed by atoms with Crippen LogP contribution in [0.4, 0.5) is 0 Å². The lowest BCUT2D eigenvalue weighted by atomic mass is 10.3. The van der Waals surface area contributed by atoms with Gasteiger partial charge in [0.15, 0.2) is 0 Å². The second-order valence-electron chi connectivity index (χ2n) is 2.02. The van der Waals surface area contributed by atoms with Crippen molar-refractivity contribution in [3.8, 4) is 0 Å². The molecule has 0 aliphatic rings. The van der Waals surface area contributed by atoms with Crippen molar-refractivity contribution >= 4 is 9.24 Å². The van der Waals surface area contributed by atoms with Crippen LogP contribution in [0.5, 0.6) is 0 Å². The first kappa shape index (κ1) is 7.64. The van der Waals surface area contributed by atoms with Gasteiger partial charge in [-0.05, 0) is 19.2 Å². The minimum atomic E-state index is 0.265. The maximum Gasteiger partial charge on any atom is 0.0635 e. The van der Waals surface area contributed by atoms with Gasteiger partial charge in [-0.3, -0.25) is 4.98 Å². The van der Waals surface area contributed by atoms with Crippen LogP contribution in [0.2, 0.25) is 0 Å². The highest BCUT2D eigenvalue weighted by Gasteiger charge is 2.00. The molecule has 1 rings (SSSR count). The fraction of sp³-hybridized carbons (Fsp3) is 0.286. The quantitative estimate of drug-likeness (QED) is 0.647. The zero-order valence-electron chi connectivity index (χ0n) is 5.91. The predicted molar refractivity (Wildman–Crippen MR) is 45.7 cm³/mol. The van der Waals surface area contributed by atoms with Crippen molar-refractivity contribution in [2.75, 3.05) is 7.05 Å². The first-order valence-electron chi connectivity index (χ1n) is 3.18. The summed E-state index contributed by atoms with van der Waals surface area (Å²) >= 11 is 0. The predicted octanol–water partition coefficient (Wildman–Crippen LogP) is 1.17. The van der Waals surface area contributed by atoms with Crippen molar-refractivity contribution in [2.24, 2.45) is 0 Å². The second kappa shape index (κ2) is 3.65. The Morgan fingerprint density at radius 2 is 2.40 bits per heavy atom. The van der Waals surface area contributed by atoms with E-state index in [1.54, 1.807) is 6.20 Å². The summed E-state index contributed by atoms with van der Waals surface area (Å²) in [4.78, 5) is 4.17. The number of rotatable bonds is 2. The summed E-state index contributed by atoms with van der Waals surface area (Å²) in [6.07, 6.45) is 1.80. The number of pyridine rings is 1. The topological polar surface area (TPSA) is 24.9 Å². The van der Waals surface area contributed by atoms with Crippen LogP contribution >= 0.6 is 9.24 Å². The Labute approximate surface area is 63.3 Å². The van der Waals surface area contributed by atoms with Gasteiger partial charge in [0.2, 0.25) is 0 Å². The molecule has 0 aromatic carbocycles. The van der Waals surface area contributed by atoms with Gasteiger partial charge in [0, 0.05) is 6.20 Å². The van der Waals surface area contributed by atoms with E-state index >= 15 is 0 Å². The average molecular weight is 154 g/mol. The number of hydrogen-bond acceptors (Lipinski definition) is 2. The van der Waals surface area contributed by atoms with Crippen LogP contribution in [0.3, 0.4) is 0 Å². The number of nitrogens with zero attached hydrogens (tertiary/aromatic N) is 1. The average Bonchev–Trinajstić information content (AvgIpc) is 2.05. The van der Waals surface area contributed by atoms with Crippen LogP contribution in [0.1, 0.15) is 11.5 Å². The molecule has 1 aromatic rings. The maximum absolute atomic E-state index is 4.17. The van der Waals surface area contributed by atoms with Gasteiger partial charge in [-0.25, -0.2) is 0 Å². The van der Waals surface area contributed by atoms with Crippen LogP contribution in [0.25, 0.3) is 0 Å². The zero-order chi connectivity index (χ0) is 7.40. The molecular weight excluding hydrogens is 143 g/mol. The van der Waals surface area contributed by atoms with E-state index in [-0.39, 0.29) is 5.78 Å². The molecule has 0 amide bonds. The summed E-state index contributed by atoms with van der Waals surface area (Å²) in [5, 5.41) is 3.08. The minimum Gasteiger partial charge on any atom is -0.309 e. The first-order valence-corrected chi connectivity index (χ1v) is 3.85. The van der Waals surface area contributed by atoms with Gasteiger partial charge in [0.05, 0.1) is 11.5 Å². The summed E-state index contributed by atoms with van der Waals surface area (Å²) in [7, 11) is 4.58. The van der Waals surface area contributed by atoms with E-state index in [1.165, 1.54) is 0 Å². The Bertz CT molecular complexity index is 188. The largest absolute Gasteiger partial charge is 0.309 e. The van der Waals surface area contributed by atoms with E-state index in [0.29, 0.717) is 0 Å². The molecule has 10 heavy (non-hydrogen) atoms. The van der Waals surface area contributed by atoms with Crippen molar-refractivity contribution in [2.45, 2.75) is 5.78 Å². The molecule has 0 spiro atoms. The van der Waals surface area contributed by atoms with Gasteiger partial charge in [-0.1, -0.05) is 6.07 Å².